The van der Waals surface area contributed by atoms with Gasteiger partial charge in [0, 0.05) is 16.2 Å². The third-order valence-electron chi connectivity index (χ3n) is 5.16. The molecule has 7 nitrogen and oxygen atoms in total. The van der Waals surface area contributed by atoms with Gasteiger partial charge in [-0.1, -0.05) is 37.3 Å². The Morgan fingerprint density at radius 2 is 1.62 bits per heavy atom. The lowest BCUT2D eigenvalue weighted by molar-refractivity contribution is -0.139. The molecule has 2 atom stereocenters. The molecular formula is C23H30IN3O4S. The van der Waals surface area contributed by atoms with E-state index in [-0.39, 0.29) is 18.5 Å². The molecule has 1 N–H and O–H groups in total. The van der Waals surface area contributed by atoms with Gasteiger partial charge in [-0.25, -0.2) is 8.42 Å². The van der Waals surface area contributed by atoms with E-state index in [1.165, 1.54) is 4.90 Å². The monoisotopic (exact) mass is 571 g/mol. The maximum Gasteiger partial charge on any atom is 0.244 e. The van der Waals surface area contributed by atoms with Crippen molar-refractivity contribution in [3.8, 4) is 0 Å². The molecule has 0 spiro atoms. The van der Waals surface area contributed by atoms with E-state index in [4.69, 9.17) is 0 Å². The number of anilines is 1. The third kappa shape index (κ3) is 7.47. The number of carbonyl (C=O) groups excluding carboxylic acids is 2. The van der Waals surface area contributed by atoms with Gasteiger partial charge in [0.1, 0.15) is 12.6 Å². The molecule has 0 fully saturated rings. The summed E-state index contributed by atoms with van der Waals surface area (Å²) in [6.07, 6.45) is 1.83. The molecule has 2 aromatic carbocycles. The highest BCUT2D eigenvalue weighted by Crippen LogP contribution is 2.20. The van der Waals surface area contributed by atoms with Gasteiger partial charge in [0.15, 0.2) is 0 Å². The van der Waals surface area contributed by atoms with Crippen LogP contribution in [0, 0.1) is 3.57 Å². The summed E-state index contributed by atoms with van der Waals surface area (Å²) in [6, 6.07) is 15.4. The first-order valence-corrected chi connectivity index (χ1v) is 13.3. The van der Waals surface area contributed by atoms with Crippen LogP contribution in [-0.2, 0) is 26.2 Å². The zero-order valence-electron chi connectivity index (χ0n) is 18.8. The minimum atomic E-state index is -3.72. The maximum absolute atomic E-state index is 13.4. The van der Waals surface area contributed by atoms with Crippen molar-refractivity contribution in [3.05, 3.63) is 63.7 Å². The third-order valence-corrected chi connectivity index (χ3v) is 7.02. The molecule has 0 aliphatic rings. The number of nitrogens with zero attached hydrogens (tertiary/aromatic N) is 2. The predicted molar refractivity (Wildman–Crippen MR) is 136 cm³/mol. The molecule has 2 rings (SSSR count). The van der Waals surface area contributed by atoms with E-state index in [1.807, 2.05) is 44.2 Å². The molecular weight excluding hydrogens is 541 g/mol. The predicted octanol–water partition coefficient (Wildman–Crippen LogP) is 3.39. The number of hydrogen-bond donors (Lipinski definition) is 1. The molecule has 9 heteroatoms. The summed E-state index contributed by atoms with van der Waals surface area (Å²) in [7, 11) is -3.72. The van der Waals surface area contributed by atoms with E-state index in [9.17, 15) is 18.0 Å². The van der Waals surface area contributed by atoms with Crippen LogP contribution in [0.5, 0.6) is 0 Å². The zero-order chi connectivity index (χ0) is 23.9. The topological polar surface area (TPSA) is 86.8 Å². The highest BCUT2D eigenvalue weighted by molar-refractivity contribution is 14.1. The largest absolute Gasteiger partial charge is 0.352 e. The first-order valence-electron chi connectivity index (χ1n) is 10.4. The van der Waals surface area contributed by atoms with Crippen molar-refractivity contribution in [2.75, 3.05) is 17.1 Å². The Labute approximate surface area is 204 Å². The number of nitrogens with one attached hydrogen (secondary N) is 1. The number of rotatable bonds is 10. The van der Waals surface area contributed by atoms with Gasteiger partial charge in [-0.05, 0) is 72.7 Å². The van der Waals surface area contributed by atoms with Crippen LogP contribution in [0.2, 0.25) is 0 Å². The smallest absolute Gasteiger partial charge is 0.244 e. The standard InChI is InChI=1S/C23H30IN3O4S/c1-5-17(2)25-23(29)18(3)26(15-19-9-7-6-8-10-19)22(28)16-27(32(4,30)31)21-13-11-20(24)12-14-21/h6-14,17-18H,5,15-16H2,1-4H3,(H,25,29)/t17-,18-/m1/s1. The van der Waals surface area contributed by atoms with Crippen molar-refractivity contribution < 1.29 is 18.0 Å². The van der Waals surface area contributed by atoms with Crippen molar-refractivity contribution in [1.29, 1.82) is 0 Å². The quantitative estimate of drug-likeness (QED) is 0.443. The zero-order valence-corrected chi connectivity index (χ0v) is 21.8. The van der Waals surface area contributed by atoms with Crippen molar-refractivity contribution in [2.24, 2.45) is 0 Å². The van der Waals surface area contributed by atoms with Crippen LogP contribution in [-0.4, -0.2) is 50.0 Å². The van der Waals surface area contributed by atoms with Crippen molar-refractivity contribution in [2.45, 2.75) is 45.8 Å². The van der Waals surface area contributed by atoms with Crippen molar-refractivity contribution >= 4 is 50.1 Å². The van der Waals surface area contributed by atoms with Gasteiger partial charge >= 0.3 is 0 Å². The molecule has 0 aliphatic carbocycles. The number of carbonyl (C=O) groups is 2. The van der Waals surface area contributed by atoms with E-state index in [1.54, 1.807) is 31.2 Å². The summed E-state index contributed by atoms with van der Waals surface area (Å²) in [6.45, 7) is 5.32. The van der Waals surface area contributed by atoms with Crippen LogP contribution in [0.1, 0.15) is 32.8 Å². The number of halogens is 1. The maximum atomic E-state index is 13.4. The lowest BCUT2D eigenvalue weighted by Crippen LogP contribution is -2.52. The fraction of sp³-hybridized carbons (Fsp3) is 0.391. The molecule has 0 aromatic heterocycles. The molecule has 0 saturated carbocycles. The van der Waals surface area contributed by atoms with Gasteiger partial charge in [-0.2, -0.15) is 0 Å². The Bertz CT molecular complexity index is 1010. The molecule has 0 aliphatic heterocycles. The van der Waals surface area contributed by atoms with Crippen LogP contribution in [0.4, 0.5) is 5.69 Å². The van der Waals surface area contributed by atoms with Crippen molar-refractivity contribution in [1.82, 2.24) is 10.2 Å². The molecule has 174 valence electrons. The average molecular weight is 571 g/mol. The Hall–Kier alpha value is -2.14. The molecule has 32 heavy (non-hydrogen) atoms. The summed E-state index contributed by atoms with van der Waals surface area (Å²) >= 11 is 2.13. The number of sulfonamides is 1. The van der Waals surface area contributed by atoms with E-state index < -0.39 is 28.5 Å². The van der Waals surface area contributed by atoms with Crippen LogP contribution in [0.15, 0.2) is 54.6 Å². The lowest BCUT2D eigenvalue weighted by Gasteiger charge is -2.32. The van der Waals surface area contributed by atoms with Gasteiger partial charge in [0.2, 0.25) is 21.8 Å². The molecule has 0 saturated heterocycles. The highest BCUT2D eigenvalue weighted by atomic mass is 127. The molecule has 2 amide bonds. The Morgan fingerprint density at radius 1 is 1.03 bits per heavy atom. The summed E-state index contributed by atoms with van der Waals surface area (Å²) in [5, 5.41) is 2.91. The second-order valence-electron chi connectivity index (χ2n) is 7.75. The van der Waals surface area contributed by atoms with Crippen molar-refractivity contribution in [3.63, 3.8) is 0 Å². The van der Waals surface area contributed by atoms with E-state index >= 15 is 0 Å². The minimum absolute atomic E-state index is 0.0297. The molecule has 2 aromatic rings. The van der Waals surface area contributed by atoms with Gasteiger partial charge in [0.25, 0.3) is 0 Å². The van der Waals surface area contributed by atoms with Crippen LogP contribution in [0.25, 0.3) is 0 Å². The molecule has 0 radical (unpaired) electrons. The fourth-order valence-corrected chi connectivity index (χ4v) is 4.26. The van der Waals surface area contributed by atoms with Gasteiger partial charge < -0.3 is 10.2 Å². The fourth-order valence-electron chi connectivity index (χ4n) is 3.05. The lowest BCUT2D eigenvalue weighted by atomic mass is 10.1. The Morgan fingerprint density at radius 3 is 2.16 bits per heavy atom. The SMILES string of the molecule is CC[C@@H](C)NC(=O)[C@@H](C)N(Cc1ccccc1)C(=O)CN(c1ccc(I)cc1)S(C)(=O)=O. The second kappa shape index (κ2) is 11.6. The molecule has 0 unspecified atom stereocenters. The number of hydrogen-bond acceptors (Lipinski definition) is 4. The van der Waals surface area contributed by atoms with Gasteiger partial charge in [0.05, 0.1) is 11.9 Å². The Balaban J connectivity index is 2.34. The normalized spacial score (nSPS) is 13.2. The second-order valence-corrected chi connectivity index (χ2v) is 10.9. The minimum Gasteiger partial charge on any atom is -0.352 e. The van der Waals surface area contributed by atoms with Crippen LogP contribution < -0.4 is 9.62 Å². The first-order chi connectivity index (χ1) is 15.0. The highest BCUT2D eigenvalue weighted by Gasteiger charge is 2.30. The van der Waals surface area contributed by atoms with E-state index in [0.717, 1.165) is 26.1 Å². The Kier molecular flexibility index (Phi) is 9.50. The summed E-state index contributed by atoms with van der Waals surface area (Å²) in [4.78, 5) is 27.6. The summed E-state index contributed by atoms with van der Waals surface area (Å²) in [5.74, 6) is -0.728. The first kappa shape index (κ1) is 26.1. The van der Waals surface area contributed by atoms with Crippen LogP contribution in [0.3, 0.4) is 0 Å². The summed E-state index contributed by atoms with van der Waals surface area (Å²) in [5.41, 5.74) is 1.25. The number of amides is 2. The average Bonchev–Trinajstić information content (AvgIpc) is 2.75. The molecule has 0 heterocycles. The van der Waals surface area contributed by atoms with E-state index in [2.05, 4.69) is 27.9 Å². The van der Waals surface area contributed by atoms with Gasteiger partial charge in [-0.15, -0.1) is 0 Å². The van der Waals surface area contributed by atoms with Gasteiger partial charge in [-0.3, -0.25) is 13.9 Å². The van der Waals surface area contributed by atoms with E-state index in [0.29, 0.717) is 5.69 Å². The molecule has 0 bridgehead atoms. The van der Waals surface area contributed by atoms with Crippen LogP contribution >= 0.6 is 22.6 Å². The summed E-state index contributed by atoms with van der Waals surface area (Å²) < 4.78 is 27.0. The number of benzene rings is 2.